The summed E-state index contributed by atoms with van der Waals surface area (Å²) in [5.74, 6) is -1.57. The molecule has 7 nitrogen and oxygen atoms in total. The topological polar surface area (TPSA) is 81.2 Å². The van der Waals surface area contributed by atoms with E-state index in [4.69, 9.17) is 0 Å². The van der Waals surface area contributed by atoms with Crippen molar-refractivity contribution in [3.63, 3.8) is 0 Å². The third kappa shape index (κ3) is 4.95. The van der Waals surface area contributed by atoms with Crippen molar-refractivity contribution in [2.45, 2.75) is 67.5 Å². The van der Waals surface area contributed by atoms with Gasteiger partial charge in [-0.3, -0.25) is 14.4 Å². The number of likely N-dealkylation sites (N-methyl/N-ethyl adjacent to an activating group) is 1. The Labute approximate surface area is 237 Å². The third-order valence-corrected chi connectivity index (χ3v) is 10.9. The first-order valence-electron chi connectivity index (χ1n) is 14.1. The molecule has 0 saturated carbocycles. The summed E-state index contributed by atoms with van der Waals surface area (Å²) in [6, 6.07) is 7.96. The van der Waals surface area contributed by atoms with Gasteiger partial charge in [-0.25, -0.2) is 0 Å². The fourth-order valence-electron chi connectivity index (χ4n) is 7.08. The average Bonchev–Trinajstić information content (AvgIpc) is 3.50. The molecule has 0 aliphatic carbocycles. The molecular formula is C31H43N3O4S. The number of amides is 3. The van der Waals surface area contributed by atoms with Crippen LogP contribution in [0.25, 0.3) is 0 Å². The van der Waals surface area contributed by atoms with E-state index in [9.17, 15) is 19.5 Å². The van der Waals surface area contributed by atoms with Crippen LogP contribution in [-0.4, -0.2) is 86.4 Å². The maximum Gasteiger partial charge on any atom is 0.247 e. The molecule has 2 unspecified atom stereocenters. The van der Waals surface area contributed by atoms with E-state index in [1.807, 2.05) is 35.2 Å². The highest BCUT2D eigenvalue weighted by Crippen LogP contribution is 2.72. The van der Waals surface area contributed by atoms with Crippen LogP contribution in [0.3, 0.4) is 0 Å². The first-order valence-corrected chi connectivity index (χ1v) is 15.0. The van der Waals surface area contributed by atoms with Crippen molar-refractivity contribution in [3.8, 4) is 0 Å². The van der Waals surface area contributed by atoms with Crippen molar-refractivity contribution in [2.75, 3.05) is 33.3 Å². The molecule has 212 valence electrons. The van der Waals surface area contributed by atoms with Crippen LogP contribution < -0.4 is 0 Å². The van der Waals surface area contributed by atoms with Crippen LogP contribution in [0.5, 0.6) is 0 Å². The highest BCUT2D eigenvalue weighted by Gasteiger charge is 2.78. The van der Waals surface area contributed by atoms with Gasteiger partial charge in [0.25, 0.3) is 0 Å². The number of fused-ring (bicyclic) bond motifs is 1. The number of unbranched alkanes of at least 4 members (excludes halogenated alkanes) is 2. The fraction of sp³-hybridized carbons (Fsp3) is 0.581. The summed E-state index contributed by atoms with van der Waals surface area (Å²) in [6.45, 7) is 12.9. The molecule has 3 saturated heterocycles. The van der Waals surface area contributed by atoms with Crippen molar-refractivity contribution in [1.82, 2.24) is 14.7 Å². The number of thioether (sulfide) groups is 1. The lowest BCUT2D eigenvalue weighted by atomic mass is 9.66. The lowest BCUT2D eigenvalue weighted by molar-refractivity contribution is -0.147. The smallest absolute Gasteiger partial charge is 0.247 e. The molecule has 4 rings (SSSR count). The van der Waals surface area contributed by atoms with E-state index in [2.05, 4.69) is 27.0 Å². The molecule has 6 atom stereocenters. The Morgan fingerprint density at radius 2 is 1.85 bits per heavy atom. The molecule has 1 N–H and O–H groups in total. The Morgan fingerprint density at radius 1 is 1.15 bits per heavy atom. The molecule has 3 fully saturated rings. The zero-order chi connectivity index (χ0) is 28.4. The molecule has 3 aliphatic rings. The second kappa shape index (κ2) is 11.9. The molecule has 0 aromatic heterocycles. The number of carbonyl (C=O) groups excluding carboxylic acids is 3. The SMILES string of the molecule is C=CCN(C)C(=O)[C@H]1[C@H]2C(=O)N([C@H](CO)c3ccccc3)C(C(=O)N(CC=C)CCCCC)C23CC[C@]1(C)S3. The molecule has 1 spiro atoms. The number of likely N-dealkylation sites (tertiary alicyclic amines) is 1. The summed E-state index contributed by atoms with van der Waals surface area (Å²) < 4.78 is -1.17. The minimum atomic E-state index is -0.775. The number of aliphatic hydroxyl groups excluding tert-OH is 1. The predicted octanol–water partition coefficient (Wildman–Crippen LogP) is 4.05. The highest BCUT2D eigenvalue weighted by molar-refractivity contribution is 8.02. The number of benzene rings is 1. The number of hydrogen-bond acceptors (Lipinski definition) is 5. The minimum Gasteiger partial charge on any atom is -0.394 e. The number of rotatable bonds is 13. The van der Waals surface area contributed by atoms with Crippen LogP contribution in [0.2, 0.25) is 0 Å². The number of hydrogen-bond donors (Lipinski definition) is 1. The van der Waals surface area contributed by atoms with E-state index >= 15 is 0 Å². The number of aliphatic hydroxyl groups is 1. The second-order valence-corrected chi connectivity index (χ2v) is 13.3. The summed E-state index contributed by atoms with van der Waals surface area (Å²) in [5.41, 5.74) is 0.779. The molecule has 1 aromatic rings. The zero-order valence-electron chi connectivity index (χ0n) is 23.6. The van der Waals surface area contributed by atoms with Crippen LogP contribution in [0, 0.1) is 11.8 Å². The van der Waals surface area contributed by atoms with Gasteiger partial charge >= 0.3 is 0 Å². The van der Waals surface area contributed by atoms with E-state index in [0.29, 0.717) is 26.1 Å². The van der Waals surface area contributed by atoms with Gasteiger partial charge in [-0.2, -0.15) is 0 Å². The Morgan fingerprint density at radius 3 is 2.46 bits per heavy atom. The largest absolute Gasteiger partial charge is 0.394 e. The van der Waals surface area contributed by atoms with Crippen LogP contribution in [0.1, 0.15) is 57.6 Å². The zero-order valence-corrected chi connectivity index (χ0v) is 24.4. The lowest BCUT2D eigenvalue weighted by Crippen LogP contribution is -2.56. The predicted molar refractivity (Wildman–Crippen MR) is 156 cm³/mol. The lowest BCUT2D eigenvalue weighted by Gasteiger charge is -2.39. The first kappa shape index (κ1) is 29.4. The fourth-order valence-corrected chi connectivity index (χ4v) is 9.41. The minimum absolute atomic E-state index is 0.0796. The summed E-state index contributed by atoms with van der Waals surface area (Å²) in [5, 5.41) is 10.7. The molecule has 3 aliphatic heterocycles. The Balaban J connectivity index is 1.83. The maximum absolute atomic E-state index is 14.6. The van der Waals surface area contributed by atoms with Gasteiger partial charge in [0.1, 0.15) is 6.04 Å². The maximum atomic E-state index is 14.6. The Hall–Kier alpha value is -2.58. The van der Waals surface area contributed by atoms with Gasteiger partial charge in [-0.15, -0.1) is 24.9 Å². The Kier molecular flexibility index (Phi) is 8.96. The second-order valence-electron chi connectivity index (χ2n) is 11.4. The normalized spacial score (nSPS) is 29.7. The summed E-state index contributed by atoms with van der Waals surface area (Å²) in [7, 11) is 1.75. The van der Waals surface area contributed by atoms with E-state index < -0.39 is 33.4 Å². The number of nitrogens with zero attached hydrogens (tertiary/aromatic N) is 3. The summed E-state index contributed by atoms with van der Waals surface area (Å²) >= 11 is 1.66. The van der Waals surface area contributed by atoms with Crippen molar-refractivity contribution in [3.05, 3.63) is 61.2 Å². The third-order valence-electron chi connectivity index (χ3n) is 8.88. The molecule has 8 heteroatoms. The monoisotopic (exact) mass is 553 g/mol. The van der Waals surface area contributed by atoms with E-state index in [1.165, 1.54) is 0 Å². The molecular weight excluding hydrogens is 510 g/mol. The molecule has 3 amide bonds. The molecule has 39 heavy (non-hydrogen) atoms. The van der Waals surface area contributed by atoms with Gasteiger partial charge in [0.05, 0.1) is 29.2 Å². The standard InChI is InChI=1S/C31H43N3O4S/c1-6-9-13-20-33(19-8-3)29(38)26-31-17-16-30(4,39-31)24(27(36)32(5)18-7-2)25(31)28(37)34(26)23(21-35)22-14-11-10-12-15-22/h7-8,10-12,14-15,23-26,35H,2-3,6,9,13,16-21H2,1,4-5H3/t23-,24-,25+,26?,30+,31?/m1/s1. The van der Waals surface area contributed by atoms with Crippen LogP contribution in [0.15, 0.2) is 55.6 Å². The van der Waals surface area contributed by atoms with Gasteiger partial charge in [0, 0.05) is 31.4 Å². The van der Waals surface area contributed by atoms with Crippen LogP contribution in [0.4, 0.5) is 0 Å². The molecule has 2 bridgehead atoms. The van der Waals surface area contributed by atoms with Crippen molar-refractivity contribution < 1.29 is 19.5 Å². The quantitative estimate of drug-likeness (QED) is 0.295. The molecule has 1 aromatic carbocycles. The average molecular weight is 554 g/mol. The molecule has 0 radical (unpaired) electrons. The van der Waals surface area contributed by atoms with Gasteiger partial charge in [0.2, 0.25) is 17.7 Å². The summed E-state index contributed by atoms with van der Waals surface area (Å²) in [4.78, 5) is 48.1. The Bertz CT molecular complexity index is 1100. The molecule has 3 heterocycles. The summed E-state index contributed by atoms with van der Waals surface area (Å²) in [6.07, 6.45) is 7.76. The van der Waals surface area contributed by atoms with E-state index in [0.717, 1.165) is 31.2 Å². The van der Waals surface area contributed by atoms with Crippen molar-refractivity contribution in [1.29, 1.82) is 0 Å². The first-order chi connectivity index (χ1) is 18.7. The van der Waals surface area contributed by atoms with Crippen LogP contribution in [-0.2, 0) is 14.4 Å². The van der Waals surface area contributed by atoms with E-state index in [-0.39, 0.29) is 24.3 Å². The van der Waals surface area contributed by atoms with Crippen molar-refractivity contribution in [2.24, 2.45) is 11.8 Å². The number of carbonyl (C=O) groups is 3. The van der Waals surface area contributed by atoms with Gasteiger partial charge in [-0.05, 0) is 31.7 Å². The highest BCUT2D eigenvalue weighted by atomic mass is 32.2. The van der Waals surface area contributed by atoms with E-state index in [1.54, 1.807) is 40.8 Å². The van der Waals surface area contributed by atoms with Gasteiger partial charge in [0.15, 0.2) is 0 Å². The van der Waals surface area contributed by atoms with Crippen LogP contribution >= 0.6 is 11.8 Å². The van der Waals surface area contributed by atoms with Gasteiger partial charge in [-0.1, -0.05) is 62.2 Å². The van der Waals surface area contributed by atoms with Gasteiger partial charge < -0.3 is 19.8 Å². The van der Waals surface area contributed by atoms with Crippen molar-refractivity contribution >= 4 is 29.5 Å².